The van der Waals surface area contributed by atoms with E-state index in [1.165, 1.54) is 11.8 Å². The third-order valence-corrected chi connectivity index (χ3v) is 7.85. The van der Waals surface area contributed by atoms with E-state index in [1.807, 2.05) is 30.3 Å². The van der Waals surface area contributed by atoms with Gasteiger partial charge in [0.05, 0.1) is 0 Å². The number of aliphatic hydroxyl groups is 1. The van der Waals surface area contributed by atoms with Crippen molar-refractivity contribution in [3.8, 4) is 0 Å². The number of fused-ring (bicyclic) bond motifs is 1. The lowest BCUT2D eigenvalue weighted by molar-refractivity contribution is -0.144. The maximum Gasteiger partial charge on any atom is 0.246 e. The average Bonchev–Trinajstić information content (AvgIpc) is 3.41. The standard InChI is InChI=1S/C29H42N4O6.H2S/c1-4-29(3)28(39)31-22(18-20-12-7-5-8-13-20)27(38)33-17-11-15-23(33)26(37)30-21(25(36)32-29)14-9-6-10-16-24(35)19(2)34;/h5,7-8,12-13,19,21-23,34H,4,6,9-11,14-18H2,1-3H3,(H,30,37)(H,31,39)(H,32,36);1H2/t19-,21-,22-,23+,29-;/m0./s1. The van der Waals surface area contributed by atoms with E-state index in [-0.39, 0.29) is 50.4 Å². The summed E-state index contributed by atoms with van der Waals surface area (Å²) in [6.45, 7) is 5.24. The normalized spacial score (nSPS) is 26.3. The number of ketones is 1. The topological polar surface area (TPSA) is 145 Å². The van der Waals surface area contributed by atoms with Crippen molar-refractivity contribution in [2.45, 2.75) is 108 Å². The SMILES string of the molecule is CC[C@]1(C)NC(=O)[C@H](CCCCCC(=O)[C@H](C)O)NC(=O)[C@H]2CCCN2C(=O)[C@H](Cc2ccccc2)NC1=O.S. The second-order valence-electron chi connectivity index (χ2n) is 10.9. The van der Waals surface area contributed by atoms with Gasteiger partial charge in [0.25, 0.3) is 0 Å². The van der Waals surface area contributed by atoms with Gasteiger partial charge in [-0.3, -0.25) is 24.0 Å². The van der Waals surface area contributed by atoms with Crippen molar-refractivity contribution in [3.63, 3.8) is 0 Å². The molecule has 0 saturated carbocycles. The van der Waals surface area contributed by atoms with Gasteiger partial charge in [-0.15, -0.1) is 0 Å². The molecule has 2 saturated heterocycles. The van der Waals surface area contributed by atoms with Gasteiger partial charge in [0.2, 0.25) is 23.6 Å². The van der Waals surface area contributed by atoms with Crippen LogP contribution in [0.1, 0.15) is 77.7 Å². The molecule has 2 fully saturated rings. The number of benzene rings is 1. The van der Waals surface area contributed by atoms with E-state index in [0.717, 1.165) is 5.56 Å². The van der Waals surface area contributed by atoms with Crippen LogP contribution in [-0.2, 0) is 30.4 Å². The number of Topliss-reactive ketones (excluding diaryl/α,β-unsaturated/α-hetero) is 1. The number of carbonyl (C=O) groups excluding carboxylic acids is 5. The molecule has 10 nitrogen and oxygen atoms in total. The van der Waals surface area contributed by atoms with Crippen LogP contribution in [0, 0.1) is 0 Å². The largest absolute Gasteiger partial charge is 0.386 e. The third kappa shape index (κ3) is 8.54. The van der Waals surface area contributed by atoms with Gasteiger partial charge in [0, 0.05) is 19.4 Å². The van der Waals surface area contributed by atoms with Crippen molar-refractivity contribution >= 4 is 42.9 Å². The molecule has 2 heterocycles. The number of hydrogen-bond acceptors (Lipinski definition) is 6. The highest BCUT2D eigenvalue weighted by atomic mass is 32.1. The van der Waals surface area contributed by atoms with Gasteiger partial charge in [0.15, 0.2) is 5.78 Å². The van der Waals surface area contributed by atoms with Crippen molar-refractivity contribution in [1.82, 2.24) is 20.9 Å². The zero-order valence-corrected chi connectivity index (χ0v) is 24.7. The first kappa shape index (κ1) is 33.3. The quantitative estimate of drug-likeness (QED) is 0.311. The van der Waals surface area contributed by atoms with E-state index in [1.54, 1.807) is 13.8 Å². The molecule has 222 valence electrons. The van der Waals surface area contributed by atoms with Crippen molar-refractivity contribution in [3.05, 3.63) is 35.9 Å². The van der Waals surface area contributed by atoms with Crippen molar-refractivity contribution in [2.24, 2.45) is 0 Å². The van der Waals surface area contributed by atoms with Crippen LogP contribution in [0.5, 0.6) is 0 Å². The van der Waals surface area contributed by atoms with Crippen LogP contribution in [0.2, 0.25) is 0 Å². The molecule has 2 aliphatic heterocycles. The molecule has 0 aliphatic carbocycles. The van der Waals surface area contributed by atoms with Crippen LogP contribution in [0.15, 0.2) is 30.3 Å². The minimum atomic E-state index is -1.29. The first-order valence-corrected chi connectivity index (χ1v) is 14.0. The summed E-state index contributed by atoms with van der Waals surface area (Å²) in [6.07, 6.45) is 3.01. The van der Waals surface area contributed by atoms with Gasteiger partial charge in [-0.2, -0.15) is 13.5 Å². The molecule has 0 bridgehead atoms. The van der Waals surface area contributed by atoms with Gasteiger partial charge in [-0.05, 0) is 51.5 Å². The zero-order valence-electron chi connectivity index (χ0n) is 23.7. The molecule has 2 aliphatic rings. The highest BCUT2D eigenvalue weighted by molar-refractivity contribution is 7.59. The number of nitrogens with zero attached hydrogens (tertiary/aromatic N) is 1. The zero-order chi connectivity index (χ0) is 28.6. The Balaban J connectivity index is 0.00000560. The molecule has 0 unspecified atom stereocenters. The van der Waals surface area contributed by atoms with E-state index in [9.17, 15) is 29.1 Å². The smallest absolute Gasteiger partial charge is 0.246 e. The predicted molar refractivity (Wildman–Crippen MR) is 156 cm³/mol. The molecule has 3 rings (SSSR count). The Morgan fingerprint density at radius 1 is 1.05 bits per heavy atom. The predicted octanol–water partition coefficient (Wildman–Crippen LogP) is 1.50. The molecule has 0 aromatic heterocycles. The van der Waals surface area contributed by atoms with Gasteiger partial charge >= 0.3 is 0 Å². The highest BCUT2D eigenvalue weighted by Gasteiger charge is 2.43. The van der Waals surface area contributed by atoms with Crippen LogP contribution in [0.25, 0.3) is 0 Å². The van der Waals surface area contributed by atoms with Gasteiger partial charge in [-0.25, -0.2) is 0 Å². The van der Waals surface area contributed by atoms with E-state index >= 15 is 0 Å². The lowest BCUT2D eigenvalue weighted by atomic mass is 9.94. The fourth-order valence-corrected chi connectivity index (χ4v) is 5.11. The molecule has 4 N–H and O–H groups in total. The molecular formula is C29H44N4O6S. The van der Waals surface area contributed by atoms with Crippen molar-refractivity contribution in [2.75, 3.05) is 6.54 Å². The van der Waals surface area contributed by atoms with Crippen LogP contribution in [0.3, 0.4) is 0 Å². The number of hydrogen-bond donors (Lipinski definition) is 4. The summed E-state index contributed by atoms with van der Waals surface area (Å²) in [7, 11) is 0. The summed E-state index contributed by atoms with van der Waals surface area (Å²) in [5.74, 6) is -1.83. The Labute approximate surface area is 243 Å². The second-order valence-corrected chi connectivity index (χ2v) is 10.9. The van der Waals surface area contributed by atoms with E-state index in [4.69, 9.17) is 0 Å². The molecule has 0 spiro atoms. The van der Waals surface area contributed by atoms with Crippen LogP contribution < -0.4 is 16.0 Å². The lowest BCUT2D eigenvalue weighted by Gasteiger charge is -2.36. The highest BCUT2D eigenvalue weighted by Crippen LogP contribution is 2.22. The molecule has 11 heteroatoms. The number of rotatable bonds is 10. The van der Waals surface area contributed by atoms with Crippen LogP contribution in [-0.4, -0.2) is 75.7 Å². The van der Waals surface area contributed by atoms with Gasteiger partial charge < -0.3 is 26.0 Å². The summed E-state index contributed by atoms with van der Waals surface area (Å²) in [5, 5.41) is 17.9. The van der Waals surface area contributed by atoms with Gasteiger partial charge in [-0.1, -0.05) is 50.1 Å². The van der Waals surface area contributed by atoms with E-state index in [2.05, 4.69) is 16.0 Å². The summed E-state index contributed by atoms with van der Waals surface area (Å²) in [5.41, 5.74) is -0.413. The fraction of sp³-hybridized carbons (Fsp3) is 0.621. The molecule has 1 aromatic rings. The average molecular weight is 577 g/mol. The van der Waals surface area contributed by atoms with Gasteiger partial charge in [0.1, 0.15) is 29.8 Å². The Kier molecular flexibility index (Phi) is 12.6. The molecule has 0 radical (unpaired) electrons. The van der Waals surface area contributed by atoms with E-state index < -0.39 is 41.6 Å². The Morgan fingerprint density at radius 2 is 1.75 bits per heavy atom. The fourth-order valence-electron chi connectivity index (χ4n) is 5.11. The summed E-state index contributed by atoms with van der Waals surface area (Å²) >= 11 is 0. The number of unbranched alkanes of at least 4 members (excludes halogenated alkanes) is 2. The second kappa shape index (κ2) is 15.2. The summed E-state index contributed by atoms with van der Waals surface area (Å²) in [6, 6.07) is 6.89. The Hall–Kier alpha value is -2.92. The molecule has 40 heavy (non-hydrogen) atoms. The Bertz CT molecular complexity index is 1050. The first-order valence-electron chi connectivity index (χ1n) is 14.0. The minimum absolute atomic E-state index is 0. The first-order chi connectivity index (χ1) is 18.6. The number of aliphatic hydroxyl groups excluding tert-OH is 1. The monoisotopic (exact) mass is 576 g/mol. The van der Waals surface area contributed by atoms with Crippen LogP contribution in [0.4, 0.5) is 0 Å². The van der Waals surface area contributed by atoms with Crippen molar-refractivity contribution < 1.29 is 29.1 Å². The van der Waals surface area contributed by atoms with E-state index in [0.29, 0.717) is 45.1 Å². The number of amides is 4. The summed E-state index contributed by atoms with van der Waals surface area (Å²) < 4.78 is 0. The summed E-state index contributed by atoms with van der Waals surface area (Å²) in [4.78, 5) is 67.2. The molecule has 1 aromatic carbocycles. The maximum absolute atomic E-state index is 13.7. The number of nitrogens with one attached hydrogen (secondary N) is 3. The molecule has 5 atom stereocenters. The molecule has 4 amide bonds. The van der Waals surface area contributed by atoms with Crippen molar-refractivity contribution in [1.29, 1.82) is 0 Å². The maximum atomic E-state index is 13.7. The third-order valence-electron chi connectivity index (χ3n) is 7.85. The molecular weight excluding hydrogens is 532 g/mol. The Morgan fingerprint density at radius 3 is 2.40 bits per heavy atom. The minimum Gasteiger partial charge on any atom is -0.386 e. The van der Waals surface area contributed by atoms with Crippen LogP contribution >= 0.6 is 13.5 Å². The number of carbonyl (C=O) groups is 5. The lowest BCUT2D eigenvalue weighted by Crippen LogP contribution is -2.65.